The average Bonchev–Trinajstić information content (AvgIpc) is 3.25. The van der Waals surface area contributed by atoms with E-state index in [1.807, 2.05) is 35.2 Å². The van der Waals surface area contributed by atoms with E-state index in [0.717, 1.165) is 44.6 Å². The van der Waals surface area contributed by atoms with Crippen LogP contribution >= 0.6 is 0 Å². The number of benzene rings is 1. The third-order valence-electron chi connectivity index (χ3n) is 4.66. The van der Waals surface area contributed by atoms with Crippen LogP contribution in [0.15, 0.2) is 34.7 Å². The number of nitrogens with zero attached hydrogens (tertiary/aromatic N) is 4. The minimum absolute atomic E-state index is 0.0611. The van der Waals surface area contributed by atoms with E-state index in [-0.39, 0.29) is 12.1 Å². The molecule has 7 heteroatoms. The van der Waals surface area contributed by atoms with Crippen molar-refractivity contribution in [2.24, 2.45) is 0 Å². The van der Waals surface area contributed by atoms with E-state index >= 15 is 0 Å². The van der Waals surface area contributed by atoms with E-state index in [1.54, 1.807) is 0 Å². The summed E-state index contributed by atoms with van der Waals surface area (Å²) in [5.74, 6) is 1.18. The number of nitrogens with one attached hydrogen (secondary N) is 1. The second-order valence-electron chi connectivity index (χ2n) is 6.32. The van der Waals surface area contributed by atoms with E-state index in [4.69, 9.17) is 4.42 Å². The van der Waals surface area contributed by atoms with Crippen molar-refractivity contribution in [2.75, 3.05) is 26.2 Å². The van der Waals surface area contributed by atoms with Gasteiger partial charge in [0, 0.05) is 31.2 Å². The van der Waals surface area contributed by atoms with Crippen LogP contribution in [0.5, 0.6) is 0 Å². The van der Waals surface area contributed by atoms with Gasteiger partial charge in [-0.25, -0.2) is 4.79 Å². The molecule has 0 bridgehead atoms. The van der Waals surface area contributed by atoms with Crippen LogP contribution in [0.2, 0.25) is 0 Å². The Morgan fingerprint density at radius 2 is 2.08 bits per heavy atom. The van der Waals surface area contributed by atoms with Crippen LogP contribution in [0.25, 0.3) is 11.5 Å². The van der Waals surface area contributed by atoms with Crippen LogP contribution in [0.4, 0.5) is 4.79 Å². The molecule has 0 aliphatic carbocycles. The topological polar surface area (TPSA) is 74.5 Å². The molecule has 7 nitrogen and oxygen atoms in total. The van der Waals surface area contributed by atoms with Crippen LogP contribution in [-0.4, -0.2) is 58.2 Å². The summed E-state index contributed by atoms with van der Waals surface area (Å²) in [4.78, 5) is 16.1. The molecule has 3 heterocycles. The average molecular weight is 327 g/mol. The highest BCUT2D eigenvalue weighted by molar-refractivity contribution is 5.76. The summed E-state index contributed by atoms with van der Waals surface area (Å²) in [5.41, 5.74) is 0.932. The normalized spacial score (nSPS) is 21.9. The van der Waals surface area contributed by atoms with Crippen molar-refractivity contribution in [2.45, 2.75) is 25.4 Å². The standard InChI is InChI=1S/C17H21N5O2/c23-17-18-8-10-22(17)14-7-4-9-21(11-14)12-15-19-20-16(24-15)13-5-2-1-3-6-13/h1-3,5-6,14H,4,7-12H2,(H,18,23). The Hall–Kier alpha value is -2.41. The number of likely N-dealkylation sites (tertiary alicyclic amines) is 1. The molecular formula is C17H21N5O2. The van der Waals surface area contributed by atoms with Gasteiger partial charge in [0.15, 0.2) is 0 Å². The molecule has 0 spiro atoms. The van der Waals surface area contributed by atoms with Crippen molar-refractivity contribution < 1.29 is 9.21 Å². The smallest absolute Gasteiger partial charge is 0.317 e. The summed E-state index contributed by atoms with van der Waals surface area (Å²) < 4.78 is 5.80. The first kappa shape index (κ1) is 15.1. The van der Waals surface area contributed by atoms with Gasteiger partial charge in [-0.3, -0.25) is 4.90 Å². The molecule has 24 heavy (non-hydrogen) atoms. The first-order valence-corrected chi connectivity index (χ1v) is 8.44. The number of amides is 2. The van der Waals surface area contributed by atoms with Gasteiger partial charge in [0.1, 0.15) is 0 Å². The van der Waals surface area contributed by atoms with Gasteiger partial charge >= 0.3 is 6.03 Å². The van der Waals surface area contributed by atoms with Gasteiger partial charge < -0.3 is 14.6 Å². The summed E-state index contributed by atoms with van der Waals surface area (Å²) in [7, 11) is 0. The summed E-state index contributed by atoms with van der Waals surface area (Å²) in [6, 6.07) is 10.1. The molecule has 1 N–H and O–H groups in total. The van der Waals surface area contributed by atoms with E-state index in [9.17, 15) is 4.79 Å². The molecule has 1 unspecified atom stereocenters. The van der Waals surface area contributed by atoms with Crippen LogP contribution in [0.1, 0.15) is 18.7 Å². The molecule has 1 aromatic heterocycles. The fourth-order valence-corrected chi connectivity index (χ4v) is 3.47. The third kappa shape index (κ3) is 3.12. The number of rotatable bonds is 4. The molecule has 126 valence electrons. The van der Waals surface area contributed by atoms with Crippen molar-refractivity contribution in [3.05, 3.63) is 36.2 Å². The highest BCUT2D eigenvalue weighted by atomic mass is 16.4. The highest BCUT2D eigenvalue weighted by Crippen LogP contribution is 2.21. The van der Waals surface area contributed by atoms with Crippen molar-refractivity contribution in [1.29, 1.82) is 0 Å². The molecule has 1 atom stereocenters. The minimum Gasteiger partial charge on any atom is -0.419 e. The first-order valence-electron chi connectivity index (χ1n) is 8.44. The van der Waals surface area contributed by atoms with Crippen molar-refractivity contribution >= 4 is 6.03 Å². The van der Waals surface area contributed by atoms with Gasteiger partial charge in [-0.2, -0.15) is 0 Å². The predicted molar refractivity (Wildman–Crippen MR) is 88.1 cm³/mol. The quantitative estimate of drug-likeness (QED) is 0.925. The zero-order chi connectivity index (χ0) is 16.4. The molecule has 2 saturated heterocycles. The van der Waals surface area contributed by atoms with Gasteiger partial charge in [0.05, 0.1) is 6.54 Å². The Balaban J connectivity index is 1.40. The Kier molecular flexibility index (Phi) is 4.17. The van der Waals surface area contributed by atoms with Gasteiger partial charge in [0.2, 0.25) is 11.8 Å². The van der Waals surface area contributed by atoms with Gasteiger partial charge in [0.25, 0.3) is 0 Å². The molecule has 2 aliphatic rings. The number of carbonyl (C=O) groups is 1. The molecule has 2 aliphatic heterocycles. The summed E-state index contributed by atoms with van der Waals surface area (Å²) in [6.45, 7) is 4.03. The molecule has 4 rings (SSSR count). The van der Waals surface area contributed by atoms with Crippen LogP contribution in [-0.2, 0) is 6.54 Å². The minimum atomic E-state index is 0.0611. The van der Waals surface area contributed by atoms with E-state index in [0.29, 0.717) is 18.3 Å². The number of hydrogen-bond acceptors (Lipinski definition) is 5. The Morgan fingerprint density at radius 3 is 2.88 bits per heavy atom. The maximum Gasteiger partial charge on any atom is 0.317 e. The van der Waals surface area contributed by atoms with Crippen LogP contribution in [0.3, 0.4) is 0 Å². The molecule has 2 amide bonds. The molecule has 2 fully saturated rings. The first-order chi connectivity index (χ1) is 11.8. The lowest BCUT2D eigenvalue weighted by molar-refractivity contribution is 0.115. The second-order valence-corrected chi connectivity index (χ2v) is 6.32. The van der Waals surface area contributed by atoms with E-state index in [1.165, 1.54) is 0 Å². The molecule has 2 aromatic rings. The summed E-state index contributed by atoms with van der Waals surface area (Å²) in [5, 5.41) is 11.2. The van der Waals surface area contributed by atoms with E-state index < -0.39 is 0 Å². The Morgan fingerprint density at radius 1 is 1.21 bits per heavy atom. The zero-order valence-corrected chi connectivity index (χ0v) is 13.5. The fourth-order valence-electron chi connectivity index (χ4n) is 3.47. The summed E-state index contributed by atoms with van der Waals surface area (Å²) >= 11 is 0. The maximum absolute atomic E-state index is 11.9. The Bertz CT molecular complexity index is 702. The second kappa shape index (κ2) is 6.60. The molecular weight excluding hydrogens is 306 g/mol. The maximum atomic E-state index is 11.9. The highest BCUT2D eigenvalue weighted by Gasteiger charge is 2.31. The third-order valence-corrected chi connectivity index (χ3v) is 4.66. The van der Waals surface area contributed by atoms with Crippen molar-refractivity contribution in [3.8, 4) is 11.5 Å². The van der Waals surface area contributed by atoms with E-state index in [2.05, 4.69) is 20.4 Å². The monoisotopic (exact) mass is 327 g/mol. The number of carbonyl (C=O) groups excluding carboxylic acids is 1. The number of hydrogen-bond donors (Lipinski definition) is 1. The lowest BCUT2D eigenvalue weighted by Gasteiger charge is -2.36. The SMILES string of the molecule is O=C1NCCN1C1CCCN(Cc2nnc(-c3ccccc3)o2)C1. The molecule has 1 aromatic carbocycles. The van der Waals surface area contributed by atoms with Gasteiger partial charge in [-0.05, 0) is 31.5 Å². The largest absolute Gasteiger partial charge is 0.419 e. The number of aromatic nitrogens is 2. The zero-order valence-electron chi connectivity index (χ0n) is 13.5. The van der Waals surface area contributed by atoms with Gasteiger partial charge in [-0.15, -0.1) is 10.2 Å². The van der Waals surface area contributed by atoms with Crippen molar-refractivity contribution in [3.63, 3.8) is 0 Å². The van der Waals surface area contributed by atoms with Crippen LogP contribution in [0, 0.1) is 0 Å². The predicted octanol–water partition coefficient (Wildman–Crippen LogP) is 1.73. The van der Waals surface area contributed by atoms with Crippen molar-refractivity contribution in [1.82, 2.24) is 25.3 Å². The lowest BCUT2D eigenvalue weighted by atomic mass is 10.0. The molecule has 0 radical (unpaired) electrons. The summed E-state index contributed by atoms with van der Waals surface area (Å²) in [6.07, 6.45) is 2.14. The van der Waals surface area contributed by atoms with Gasteiger partial charge in [-0.1, -0.05) is 18.2 Å². The number of urea groups is 1. The Labute approximate surface area is 140 Å². The molecule has 0 saturated carbocycles. The lowest BCUT2D eigenvalue weighted by Crippen LogP contribution is -2.48. The number of piperidine rings is 1. The fraction of sp³-hybridized carbons (Fsp3) is 0.471. The van der Waals surface area contributed by atoms with Crippen LogP contribution < -0.4 is 5.32 Å².